The van der Waals surface area contributed by atoms with Crippen molar-refractivity contribution in [3.05, 3.63) is 79.4 Å². The minimum atomic E-state index is -0.869. The Labute approximate surface area is 140 Å². The van der Waals surface area contributed by atoms with E-state index >= 15 is 0 Å². The summed E-state index contributed by atoms with van der Waals surface area (Å²) >= 11 is 0. The van der Waals surface area contributed by atoms with Gasteiger partial charge in [0.05, 0.1) is 15.4 Å². The highest BCUT2D eigenvalue weighted by Gasteiger charge is 2.15. The number of rotatable bonds is 5. The van der Waals surface area contributed by atoms with Gasteiger partial charge in [0.2, 0.25) is 0 Å². The molecule has 0 radical (unpaired) electrons. The topological polar surface area (TPSA) is 151 Å². The number of benzene rings is 2. The van der Waals surface area contributed by atoms with E-state index in [0.717, 1.165) is 0 Å². The Kier molecular flexibility index (Phi) is 5.03. The maximum absolute atomic E-state index is 11.9. The lowest BCUT2D eigenvalue weighted by Crippen LogP contribution is -2.15. The molecule has 0 spiro atoms. The van der Waals surface area contributed by atoms with Crippen molar-refractivity contribution < 1.29 is 19.5 Å². The zero-order valence-electron chi connectivity index (χ0n) is 12.9. The van der Waals surface area contributed by atoms with Crippen molar-refractivity contribution in [2.24, 2.45) is 10.9 Å². The molecule has 25 heavy (non-hydrogen) atoms. The molecule has 2 aromatic carbocycles. The van der Waals surface area contributed by atoms with Gasteiger partial charge in [-0.05, 0) is 19.1 Å². The minimum absolute atomic E-state index is 0.0543. The van der Waals surface area contributed by atoms with Gasteiger partial charge in [-0.3, -0.25) is 20.2 Å². The molecule has 2 N–H and O–H groups in total. The van der Waals surface area contributed by atoms with Crippen LogP contribution in [0.2, 0.25) is 0 Å². The molecular formula is C15H12N4O6. The second kappa shape index (κ2) is 7.17. The Morgan fingerprint density at radius 2 is 1.80 bits per heavy atom. The third-order valence-electron chi connectivity index (χ3n) is 3.21. The lowest BCUT2D eigenvalue weighted by atomic mass is 10.1. The number of nitrogens with two attached hydrogens (primary N) is 1. The number of oxime groups is 1. The van der Waals surface area contributed by atoms with Crippen LogP contribution in [0.25, 0.3) is 0 Å². The van der Waals surface area contributed by atoms with Crippen LogP contribution in [-0.2, 0) is 4.84 Å². The molecule has 0 aliphatic carbocycles. The lowest BCUT2D eigenvalue weighted by Gasteiger charge is -2.03. The van der Waals surface area contributed by atoms with E-state index in [0.29, 0.717) is 0 Å². The smallest absolute Gasteiger partial charge is 0.365 e. The summed E-state index contributed by atoms with van der Waals surface area (Å²) in [6.07, 6.45) is 0. The van der Waals surface area contributed by atoms with Crippen molar-refractivity contribution in [2.75, 3.05) is 0 Å². The van der Waals surface area contributed by atoms with Crippen molar-refractivity contribution in [2.45, 2.75) is 6.92 Å². The fraction of sp³-hybridized carbons (Fsp3) is 0.0667. The highest BCUT2D eigenvalue weighted by Crippen LogP contribution is 2.19. The quantitative estimate of drug-likeness (QED) is 0.287. The third-order valence-corrected chi connectivity index (χ3v) is 3.21. The summed E-state index contributed by atoms with van der Waals surface area (Å²) < 4.78 is 0. The summed E-state index contributed by atoms with van der Waals surface area (Å²) in [6, 6.07) is 9.05. The van der Waals surface area contributed by atoms with Crippen LogP contribution in [0.15, 0.2) is 47.6 Å². The first-order valence-corrected chi connectivity index (χ1v) is 6.84. The van der Waals surface area contributed by atoms with Gasteiger partial charge in [0.1, 0.15) is 0 Å². The number of nitro groups is 2. The van der Waals surface area contributed by atoms with Crippen molar-refractivity contribution in [3.63, 3.8) is 0 Å². The SMILES string of the molecule is Cc1cc(C(=O)O/N=C(/N)c2cccc([N+](=O)[O-])c2)ccc1[N+](=O)[O-]. The number of amidine groups is 1. The summed E-state index contributed by atoms with van der Waals surface area (Å²) in [5, 5.41) is 24.9. The van der Waals surface area contributed by atoms with Gasteiger partial charge < -0.3 is 10.6 Å². The first-order valence-electron chi connectivity index (χ1n) is 6.84. The predicted octanol–water partition coefficient (Wildman–Crippen LogP) is 2.29. The van der Waals surface area contributed by atoms with Crippen LogP contribution in [0.4, 0.5) is 11.4 Å². The average molecular weight is 344 g/mol. The zero-order chi connectivity index (χ0) is 18.6. The maximum atomic E-state index is 11.9. The highest BCUT2D eigenvalue weighted by molar-refractivity contribution is 5.98. The van der Waals surface area contributed by atoms with Gasteiger partial charge in [-0.15, -0.1) is 0 Å². The molecule has 10 nitrogen and oxygen atoms in total. The van der Waals surface area contributed by atoms with Crippen molar-refractivity contribution >= 4 is 23.2 Å². The molecule has 2 aromatic rings. The summed E-state index contributed by atoms with van der Waals surface area (Å²) in [5.74, 6) is -1.10. The van der Waals surface area contributed by atoms with Crippen molar-refractivity contribution in [1.29, 1.82) is 0 Å². The van der Waals surface area contributed by atoms with E-state index in [2.05, 4.69) is 9.99 Å². The molecule has 0 unspecified atom stereocenters. The molecular weight excluding hydrogens is 332 g/mol. The summed E-state index contributed by atoms with van der Waals surface area (Å²) in [5.41, 5.74) is 5.88. The van der Waals surface area contributed by atoms with E-state index in [9.17, 15) is 25.0 Å². The van der Waals surface area contributed by atoms with E-state index in [1.54, 1.807) is 0 Å². The van der Waals surface area contributed by atoms with Crippen molar-refractivity contribution in [3.8, 4) is 0 Å². The monoisotopic (exact) mass is 344 g/mol. The molecule has 0 heterocycles. The number of non-ortho nitro benzene ring substituents is 1. The molecule has 0 fully saturated rings. The van der Waals surface area contributed by atoms with E-state index in [1.807, 2.05) is 0 Å². The molecule has 0 saturated carbocycles. The molecule has 0 bridgehead atoms. The third kappa shape index (κ3) is 4.13. The maximum Gasteiger partial charge on any atom is 0.365 e. The molecule has 0 atom stereocenters. The Hall–Kier alpha value is -3.82. The Bertz CT molecular complexity index is 893. The van der Waals surface area contributed by atoms with Gasteiger partial charge in [0.25, 0.3) is 11.4 Å². The van der Waals surface area contributed by atoms with Gasteiger partial charge in [0.15, 0.2) is 5.84 Å². The molecule has 128 valence electrons. The fourth-order valence-corrected chi connectivity index (χ4v) is 1.96. The standard InChI is InChI=1S/C15H12N4O6/c1-9-7-11(5-6-13(9)19(23)24)15(20)25-17-14(16)10-3-2-4-12(8-10)18(21)22/h2-8H,1H3,(H2,16,17). The van der Waals surface area contributed by atoms with Crippen LogP contribution in [0.5, 0.6) is 0 Å². The predicted molar refractivity (Wildman–Crippen MR) is 87.1 cm³/mol. The van der Waals surface area contributed by atoms with Crippen molar-refractivity contribution in [1.82, 2.24) is 0 Å². The number of hydrogen-bond acceptors (Lipinski definition) is 7. The van der Waals surface area contributed by atoms with Gasteiger partial charge >= 0.3 is 5.97 Å². The number of hydrogen-bond donors (Lipinski definition) is 1. The molecule has 0 amide bonds. The number of nitro benzene ring substituents is 2. The number of nitrogens with zero attached hydrogens (tertiary/aromatic N) is 3. The lowest BCUT2D eigenvalue weighted by molar-refractivity contribution is -0.385. The van der Waals surface area contributed by atoms with E-state index in [-0.39, 0.29) is 33.9 Å². The van der Waals surface area contributed by atoms with Gasteiger partial charge in [-0.2, -0.15) is 0 Å². The van der Waals surface area contributed by atoms with Crippen LogP contribution in [0.3, 0.4) is 0 Å². The second-order valence-corrected chi connectivity index (χ2v) is 4.92. The first kappa shape index (κ1) is 17.5. The molecule has 2 rings (SSSR count). The zero-order valence-corrected chi connectivity index (χ0v) is 12.9. The van der Waals surface area contributed by atoms with Crippen LogP contribution in [0.1, 0.15) is 21.5 Å². The van der Waals surface area contributed by atoms with Crippen LogP contribution in [-0.4, -0.2) is 21.7 Å². The first-order chi connectivity index (χ1) is 11.8. The van der Waals surface area contributed by atoms with E-state index < -0.39 is 15.8 Å². The molecule has 0 aromatic heterocycles. The molecule has 0 saturated heterocycles. The Balaban J connectivity index is 2.16. The van der Waals surface area contributed by atoms with Gasteiger partial charge in [0, 0.05) is 29.3 Å². The summed E-state index contributed by atoms with van der Waals surface area (Å²) in [7, 11) is 0. The second-order valence-electron chi connectivity index (χ2n) is 4.92. The molecule has 0 aliphatic heterocycles. The number of carbonyl (C=O) groups is 1. The van der Waals surface area contributed by atoms with E-state index in [1.165, 1.54) is 49.4 Å². The average Bonchev–Trinajstić information content (AvgIpc) is 2.58. The van der Waals surface area contributed by atoms with E-state index in [4.69, 9.17) is 5.73 Å². The minimum Gasteiger partial charge on any atom is -0.380 e. The van der Waals surface area contributed by atoms with Gasteiger partial charge in [-0.25, -0.2) is 4.79 Å². The number of carbonyl (C=O) groups excluding carboxylic acids is 1. The summed E-state index contributed by atoms with van der Waals surface area (Å²) in [6.45, 7) is 1.48. The molecule has 10 heteroatoms. The fourth-order valence-electron chi connectivity index (χ4n) is 1.96. The molecule has 0 aliphatic rings. The highest BCUT2D eigenvalue weighted by atomic mass is 16.7. The normalized spacial score (nSPS) is 11.0. The van der Waals surface area contributed by atoms with Crippen LogP contribution < -0.4 is 5.73 Å². The van der Waals surface area contributed by atoms with Crippen LogP contribution >= 0.6 is 0 Å². The van der Waals surface area contributed by atoms with Gasteiger partial charge in [-0.1, -0.05) is 17.3 Å². The van der Waals surface area contributed by atoms with Crippen LogP contribution in [0, 0.1) is 27.2 Å². The Morgan fingerprint density at radius 1 is 1.08 bits per heavy atom. The largest absolute Gasteiger partial charge is 0.380 e. The number of aryl methyl sites for hydroxylation is 1. The Morgan fingerprint density at radius 3 is 2.40 bits per heavy atom. The summed E-state index contributed by atoms with van der Waals surface area (Å²) in [4.78, 5) is 36.9.